The van der Waals surface area contributed by atoms with E-state index < -0.39 is 0 Å². The van der Waals surface area contributed by atoms with Gasteiger partial charge in [0.25, 0.3) is 0 Å². The average Bonchev–Trinajstić information content (AvgIpc) is 2.69. The molecule has 3 rings (SSSR count). The number of ether oxygens (including phenoxy) is 2. The Morgan fingerprint density at radius 2 is 2.35 bits per heavy atom. The molecule has 4 nitrogen and oxygen atoms in total. The minimum absolute atomic E-state index is 0.417. The smallest absolute Gasteiger partial charge is 0.144 e. The Bertz CT molecular complexity index is 408. The molecule has 0 aromatic heterocycles. The fourth-order valence-electron chi connectivity index (χ4n) is 2.50. The Kier molecular flexibility index (Phi) is 2.81. The molecule has 0 amide bonds. The van der Waals surface area contributed by atoms with Crippen molar-refractivity contribution in [2.75, 3.05) is 37.0 Å². The third-order valence-corrected chi connectivity index (χ3v) is 3.41. The van der Waals surface area contributed by atoms with E-state index >= 15 is 0 Å². The third-order valence-electron chi connectivity index (χ3n) is 3.41. The van der Waals surface area contributed by atoms with Crippen molar-refractivity contribution >= 4 is 11.4 Å². The Hall–Kier alpha value is -1.42. The van der Waals surface area contributed by atoms with Crippen molar-refractivity contribution in [3.63, 3.8) is 0 Å². The van der Waals surface area contributed by atoms with Gasteiger partial charge in [-0.05, 0) is 19.1 Å². The van der Waals surface area contributed by atoms with E-state index in [1.165, 1.54) is 0 Å². The summed E-state index contributed by atoms with van der Waals surface area (Å²) in [5.74, 6) is 1.47. The molecular formula is C13H18N2O2. The first-order chi connectivity index (χ1) is 8.38. The highest BCUT2D eigenvalue weighted by atomic mass is 16.5. The fraction of sp³-hybridized carbons (Fsp3) is 0.538. The van der Waals surface area contributed by atoms with Gasteiger partial charge in [-0.2, -0.15) is 0 Å². The van der Waals surface area contributed by atoms with Crippen LogP contribution < -0.4 is 15.4 Å². The minimum atomic E-state index is 0.417. The van der Waals surface area contributed by atoms with Gasteiger partial charge in [0.1, 0.15) is 11.4 Å². The van der Waals surface area contributed by atoms with Gasteiger partial charge < -0.3 is 20.1 Å². The lowest BCUT2D eigenvalue weighted by Gasteiger charge is -2.16. The number of fused-ring (bicyclic) bond motifs is 2. The summed E-state index contributed by atoms with van der Waals surface area (Å²) in [6.45, 7) is 5.27. The minimum Gasteiger partial charge on any atom is -0.492 e. The second-order valence-electron chi connectivity index (χ2n) is 4.54. The molecule has 2 unspecified atom stereocenters. The van der Waals surface area contributed by atoms with E-state index in [1.54, 1.807) is 0 Å². The number of hydrogen-bond donors (Lipinski definition) is 2. The molecule has 0 spiro atoms. The first-order valence-electron chi connectivity index (χ1n) is 6.22. The van der Waals surface area contributed by atoms with Crippen LogP contribution in [0.25, 0.3) is 0 Å². The van der Waals surface area contributed by atoms with Crippen LogP contribution in [0.4, 0.5) is 11.4 Å². The molecule has 0 bridgehead atoms. The summed E-state index contributed by atoms with van der Waals surface area (Å²) in [7, 11) is 0. The van der Waals surface area contributed by atoms with E-state index in [9.17, 15) is 0 Å². The number of hydrogen-bond acceptors (Lipinski definition) is 4. The Balaban J connectivity index is 1.91. The summed E-state index contributed by atoms with van der Waals surface area (Å²) in [5.41, 5.74) is 2.21. The zero-order valence-electron chi connectivity index (χ0n) is 10.0. The quantitative estimate of drug-likeness (QED) is 0.820. The Morgan fingerprint density at radius 1 is 1.41 bits per heavy atom. The van der Waals surface area contributed by atoms with Crippen LogP contribution in [0.1, 0.15) is 6.92 Å². The largest absolute Gasteiger partial charge is 0.492 e. The molecule has 2 heterocycles. The summed E-state index contributed by atoms with van der Waals surface area (Å²) < 4.78 is 11.2. The van der Waals surface area contributed by atoms with Gasteiger partial charge in [-0.1, -0.05) is 6.07 Å². The maximum Gasteiger partial charge on any atom is 0.144 e. The van der Waals surface area contributed by atoms with E-state index in [1.807, 2.05) is 19.1 Å². The van der Waals surface area contributed by atoms with Crippen molar-refractivity contribution in [2.45, 2.75) is 13.0 Å². The van der Waals surface area contributed by atoms with E-state index in [-0.39, 0.29) is 0 Å². The second-order valence-corrected chi connectivity index (χ2v) is 4.54. The number of rotatable bonds is 2. The topological polar surface area (TPSA) is 42.5 Å². The SMILES string of the molecule is CCOc1cccc2c1NCC1COCC1N2. The lowest BCUT2D eigenvalue weighted by Crippen LogP contribution is -2.29. The van der Waals surface area contributed by atoms with Crippen LogP contribution in [-0.4, -0.2) is 32.4 Å². The summed E-state index contributed by atoms with van der Waals surface area (Å²) >= 11 is 0. The van der Waals surface area contributed by atoms with E-state index in [0.717, 1.165) is 36.9 Å². The molecular weight excluding hydrogens is 216 g/mol. The van der Waals surface area contributed by atoms with Crippen LogP contribution in [0.5, 0.6) is 5.75 Å². The van der Waals surface area contributed by atoms with Crippen molar-refractivity contribution in [3.05, 3.63) is 18.2 Å². The number of para-hydroxylation sites is 1. The molecule has 2 atom stereocenters. The monoisotopic (exact) mass is 234 g/mol. The molecule has 2 aliphatic rings. The molecule has 17 heavy (non-hydrogen) atoms. The molecule has 1 aromatic rings. The standard InChI is InChI=1S/C13H18N2O2/c1-2-17-12-5-3-4-10-13(12)14-6-9-7-16-8-11(9)15-10/h3-5,9,11,14-15H,2,6-8H2,1H3. The van der Waals surface area contributed by atoms with Crippen LogP contribution in [0.2, 0.25) is 0 Å². The highest BCUT2D eigenvalue weighted by molar-refractivity contribution is 5.76. The van der Waals surface area contributed by atoms with Crippen molar-refractivity contribution in [1.29, 1.82) is 0 Å². The van der Waals surface area contributed by atoms with E-state index in [2.05, 4.69) is 16.7 Å². The van der Waals surface area contributed by atoms with Gasteiger partial charge in [0.15, 0.2) is 0 Å². The predicted molar refractivity (Wildman–Crippen MR) is 67.8 cm³/mol. The van der Waals surface area contributed by atoms with Crippen LogP contribution in [0.15, 0.2) is 18.2 Å². The van der Waals surface area contributed by atoms with Crippen LogP contribution in [-0.2, 0) is 4.74 Å². The summed E-state index contributed by atoms with van der Waals surface area (Å²) in [6, 6.07) is 6.54. The average molecular weight is 234 g/mol. The number of benzene rings is 1. The summed E-state index contributed by atoms with van der Waals surface area (Å²) in [6.07, 6.45) is 0. The highest BCUT2D eigenvalue weighted by Crippen LogP contribution is 2.36. The van der Waals surface area contributed by atoms with Crippen LogP contribution in [0.3, 0.4) is 0 Å². The molecule has 1 aromatic carbocycles. The second kappa shape index (κ2) is 4.45. The predicted octanol–water partition coefficient (Wildman–Crippen LogP) is 1.94. The summed E-state index contributed by atoms with van der Waals surface area (Å²) in [5, 5.41) is 7.04. The van der Waals surface area contributed by atoms with Crippen LogP contribution >= 0.6 is 0 Å². The fourth-order valence-corrected chi connectivity index (χ4v) is 2.50. The van der Waals surface area contributed by atoms with Crippen molar-refractivity contribution < 1.29 is 9.47 Å². The van der Waals surface area contributed by atoms with Gasteiger partial charge in [0.2, 0.25) is 0 Å². The maximum absolute atomic E-state index is 5.65. The van der Waals surface area contributed by atoms with Crippen molar-refractivity contribution in [2.24, 2.45) is 5.92 Å². The first kappa shape index (κ1) is 10.7. The van der Waals surface area contributed by atoms with Crippen molar-refractivity contribution in [1.82, 2.24) is 0 Å². The Labute approximate surface area is 101 Å². The molecule has 0 saturated carbocycles. The van der Waals surface area contributed by atoms with E-state index in [0.29, 0.717) is 18.6 Å². The van der Waals surface area contributed by atoms with Gasteiger partial charge in [-0.15, -0.1) is 0 Å². The Morgan fingerprint density at radius 3 is 3.24 bits per heavy atom. The lowest BCUT2D eigenvalue weighted by atomic mass is 10.0. The third kappa shape index (κ3) is 1.93. The zero-order chi connectivity index (χ0) is 11.7. The molecule has 92 valence electrons. The molecule has 1 fully saturated rings. The van der Waals surface area contributed by atoms with E-state index in [4.69, 9.17) is 9.47 Å². The lowest BCUT2D eigenvalue weighted by molar-refractivity contribution is 0.186. The first-order valence-corrected chi connectivity index (χ1v) is 6.22. The molecule has 0 aliphatic carbocycles. The maximum atomic E-state index is 5.65. The number of anilines is 2. The van der Waals surface area contributed by atoms with Gasteiger partial charge in [-0.3, -0.25) is 0 Å². The molecule has 0 radical (unpaired) electrons. The zero-order valence-corrected chi connectivity index (χ0v) is 10.0. The molecule has 4 heteroatoms. The molecule has 1 saturated heterocycles. The molecule has 2 N–H and O–H groups in total. The van der Waals surface area contributed by atoms with Gasteiger partial charge >= 0.3 is 0 Å². The highest BCUT2D eigenvalue weighted by Gasteiger charge is 2.31. The van der Waals surface area contributed by atoms with Gasteiger partial charge in [0.05, 0.1) is 31.5 Å². The van der Waals surface area contributed by atoms with Crippen LogP contribution in [0, 0.1) is 5.92 Å². The van der Waals surface area contributed by atoms with Crippen molar-refractivity contribution in [3.8, 4) is 5.75 Å². The normalized spacial score (nSPS) is 26.2. The number of nitrogens with one attached hydrogen (secondary N) is 2. The molecule has 2 aliphatic heterocycles. The van der Waals surface area contributed by atoms with Gasteiger partial charge in [-0.25, -0.2) is 0 Å². The summed E-state index contributed by atoms with van der Waals surface area (Å²) in [4.78, 5) is 0. The van der Waals surface area contributed by atoms with Gasteiger partial charge in [0, 0.05) is 12.5 Å².